The summed E-state index contributed by atoms with van der Waals surface area (Å²) in [6.45, 7) is 4.93. The van der Waals surface area contributed by atoms with Crippen molar-refractivity contribution in [3.63, 3.8) is 0 Å². The lowest BCUT2D eigenvalue weighted by molar-refractivity contribution is 0.0990. The lowest BCUT2D eigenvalue weighted by Crippen LogP contribution is -2.10. The Balaban J connectivity index is 2.18. The summed E-state index contributed by atoms with van der Waals surface area (Å²) in [4.78, 5) is 16.5. The number of Topliss-reactive ketones (excluding diaryl/α,β-unsaturated/α-hetero) is 1. The molecule has 0 bridgehead atoms. The molecule has 3 nitrogen and oxygen atoms in total. The van der Waals surface area contributed by atoms with E-state index < -0.39 is 0 Å². The van der Waals surface area contributed by atoms with Gasteiger partial charge in [-0.3, -0.25) is 4.79 Å². The lowest BCUT2D eigenvalue weighted by Gasteiger charge is -2.07. The van der Waals surface area contributed by atoms with Crippen molar-refractivity contribution in [3.8, 4) is 0 Å². The van der Waals surface area contributed by atoms with E-state index in [2.05, 4.69) is 11.9 Å². The number of rotatable bonds is 5. The highest BCUT2D eigenvalue weighted by Crippen LogP contribution is 2.19. The predicted molar refractivity (Wildman–Crippen MR) is 76.7 cm³/mol. The number of carbonyl (C=O) groups excluding carboxylic acids is 1. The van der Waals surface area contributed by atoms with Gasteiger partial charge in [-0.2, -0.15) is 0 Å². The SMILES string of the molecule is CCCn1ccnc1CC(=O)c1ccc(C)cc1Cl. The number of benzene rings is 1. The second-order valence-electron chi connectivity index (χ2n) is 4.62. The Bertz CT molecular complexity index is 590. The first-order chi connectivity index (χ1) is 9.11. The molecule has 4 heteroatoms. The number of halogens is 1. The van der Waals surface area contributed by atoms with E-state index in [1.807, 2.05) is 29.8 Å². The summed E-state index contributed by atoms with van der Waals surface area (Å²) in [7, 11) is 0. The molecule has 0 radical (unpaired) electrons. The molecule has 0 saturated carbocycles. The molecule has 0 aliphatic heterocycles. The first-order valence-corrected chi connectivity index (χ1v) is 6.79. The van der Waals surface area contributed by atoms with E-state index in [1.165, 1.54) is 0 Å². The topological polar surface area (TPSA) is 34.9 Å². The second kappa shape index (κ2) is 6.02. The van der Waals surface area contributed by atoms with Crippen LogP contribution in [0.1, 0.15) is 35.1 Å². The first kappa shape index (κ1) is 13.8. The fourth-order valence-electron chi connectivity index (χ4n) is 2.04. The van der Waals surface area contributed by atoms with Gasteiger partial charge in [0.15, 0.2) is 5.78 Å². The summed E-state index contributed by atoms with van der Waals surface area (Å²) in [5, 5.41) is 0.513. The minimum absolute atomic E-state index is 0.00792. The van der Waals surface area contributed by atoms with Gasteiger partial charge >= 0.3 is 0 Å². The summed E-state index contributed by atoms with van der Waals surface area (Å²) < 4.78 is 2.01. The third kappa shape index (κ3) is 3.24. The van der Waals surface area contributed by atoms with Crippen LogP contribution in [0, 0.1) is 6.92 Å². The van der Waals surface area contributed by atoms with Crippen molar-refractivity contribution < 1.29 is 4.79 Å². The van der Waals surface area contributed by atoms with Gasteiger partial charge in [0, 0.05) is 24.5 Å². The number of nitrogens with zero attached hydrogens (tertiary/aromatic N) is 2. The molecule has 0 N–H and O–H groups in total. The molecule has 0 spiro atoms. The van der Waals surface area contributed by atoms with Gasteiger partial charge in [-0.15, -0.1) is 0 Å². The minimum atomic E-state index is 0.00792. The zero-order valence-electron chi connectivity index (χ0n) is 11.2. The molecule has 0 fully saturated rings. The Morgan fingerprint density at radius 1 is 1.42 bits per heavy atom. The molecule has 1 aromatic heterocycles. The van der Waals surface area contributed by atoms with Crippen LogP contribution >= 0.6 is 11.6 Å². The molecular weight excluding hydrogens is 260 g/mol. The summed E-state index contributed by atoms with van der Waals surface area (Å²) in [5.74, 6) is 0.803. The molecule has 0 atom stereocenters. The van der Waals surface area contributed by atoms with Crippen LogP contribution < -0.4 is 0 Å². The van der Waals surface area contributed by atoms with Crippen molar-refractivity contribution in [2.24, 2.45) is 0 Å². The Hall–Kier alpha value is -1.61. The van der Waals surface area contributed by atoms with E-state index in [0.717, 1.165) is 24.4 Å². The molecule has 0 unspecified atom stereocenters. The highest BCUT2D eigenvalue weighted by molar-refractivity contribution is 6.34. The van der Waals surface area contributed by atoms with Crippen molar-refractivity contribution in [3.05, 3.63) is 52.6 Å². The van der Waals surface area contributed by atoms with Gasteiger partial charge in [0.05, 0.1) is 11.4 Å². The molecule has 0 aliphatic rings. The average Bonchev–Trinajstić information content (AvgIpc) is 2.77. The van der Waals surface area contributed by atoms with Gasteiger partial charge in [-0.05, 0) is 31.0 Å². The van der Waals surface area contributed by atoms with Gasteiger partial charge in [-0.25, -0.2) is 4.98 Å². The third-order valence-corrected chi connectivity index (χ3v) is 3.32. The Morgan fingerprint density at radius 3 is 2.89 bits per heavy atom. The van der Waals surface area contributed by atoms with Gasteiger partial charge in [0.25, 0.3) is 0 Å². The van der Waals surface area contributed by atoms with Gasteiger partial charge in [-0.1, -0.05) is 24.6 Å². The highest BCUT2D eigenvalue weighted by Gasteiger charge is 2.14. The maximum Gasteiger partial charge on any atom is 0.171 e. The zero-order valence-corrected chi connectivity index (χ0v) is 11.9. The van der Waals surface area contributed by atoms with Crippen LogP contribution in [0.5, 0.6) is 0 Å². The van der Waals surface area contributed by atoms with Crippen molar-refractivity contribution in [2.45, 2.75) is 33.2 Å². The standard InChI is InChI=1S/C15H17ClN2O/c1-3-7-18-8-6-17-15(18)10-14(19)12-5-4-11(2)9-13(12)16/h4-6,8-9H,3,7,10H2,1-2H3. The van der Waals surface area contributed by atoms with E-state index in [0.29, 0.717) is 10.6 Å². The predicted octanol–water partition coefficient (Wildman–Crippen LogP) is 3.68. The van der Waals surface area contributed by atoms with Gasteiger partial charge in [0.2, 0.25) is 0 Å². The lowest BCUT2D eigenvalue weighted by atomic mass is 10.1. The smallest absolute Gasteiger partial charge is 0.171 e. The maximum absolute atomic E-state index is 12.3. The normalized spacial score (nSPS) is 10.7. The van der Waals surface area contributed by atoms with Crippen LogP contribution in [0.3, 0.4) is 0 Å². The summed E-state index contributed by atoms with van der Waals surface area (Å²) in [5.41, 5.74) is 1.62. The molecule has 1 heterocycles. The molecule has 100 valence electrons. The molecule has 0 saturated heterocycles. The molecule has 1 aromatic carbocycles. The fraction of sp³-hybridized carbons (Fsp3) is 0.333. The van der Waals surface area contributed by atoms with Crippen molar-refractivity contribution in [1.29, 1.82) is 0 Å². The molecule has 2 rings (SSSR count). The van der Waals surface area contributed by atoms with Crippen molar-refractivity contribution >= 4 is 17.4 Å². The van der Waals surface area contributed by atoms with Crippen LogP contribution in [0.25, 0.3) is 0 Å². The second-order valence-corrected chi connectivity index (χ2v) is 5.03. The van der Waals surface area contributed by atoms with Gasteiger partial charge in [0.1, 0.15) is 5.82 Å². The van der Waals surface area contributed by atoms with Crippen LogP contribution in [0.2, 0.25) is 5.02 Å². The molecular formula is C15H17ClN2O. The van der Waals surface area contributed by atoms with Crippen molar-refractivity contribution in [1.82, 2.24) is 9.55 Å². The molecule has 0 aliphatic carbocycles. The van der Waals surface area contributed by atoms with Crippen molar-refractivity contribution in [2.75, 3.05) is 0 Å². The minimum Gasteiger partial charge on any atom is -0.335 e. The monoisotopic (exact) mass is 276 g/mol. The van der Waals surface area contributed by atoms with E-state index in [9.17, 15) is 4.79 Å². The average molecular weight is 277 g/mol. The van der Waals surface area contributed by atoms with E-state index in [4.69, 9.17) is 11.6 Å². The summed E-state index contributed by atoms with van der Waals surface area (Å²) in [6, 6.07) is 5.50. The first-order valence-electron chi connectivity index (χ1n) is 6.41. The molecule has 19 heavy (non-hydrogen) atoms. The summed E-state index contributed by atoms with van der Waals surface area (Å²) >= 11 is 6.12. The van der Waals surface area contributed by atoms with E-state index in [-0.39, 0.29) is 12.2 Å². The number of imidazole rings is 1. The number of carbonyl (C=O) groups is 1. The number of hydrogen-bond donors (Lipinski definition) is 0. The van der Waals surface area contributed by atoms with Crippen LogP contribution in [0.15, 0.2) is 30.6 Å². The summed E-state index contributed by atoms with van der Waals surface area (Å²) in [6.07, 6.45) is 4.94. The number of aromatic nitrogens is 2. The third-order valence-electron chi connectivity index (χ3n) is 3.01. The number of aryl methyl sites for hydroxylation is 2. The van der Waals surface area contributed by atoms with Gasteiger partial charge < -0.3 is 4.57 Å². The van der Waals surface area contributed by atoms with Crippen LogP contribution in [0.4, 0.5) is 0 Å². The number of hydrogen-bond acceptors (Lipinski definition) is 2. The van der Waals surface area contributed by atoms with Crippen LogP contribution in [-0.4, -0.2) is 15.3 Å². The van der Waals surface area contributed by atoms with Crippen LogP contribution in [-0.2, 0) is 13.0 Å². The van der Waals surface area contributed by atoms with E-state index >= 15 is 0 Å². The molecule has 2 aromatic rings. The highest BCUT2D eigenvalue weighted by atomic mass is 35.5. The Kier molecular flexibility index (Phi) is 4.38. The quantitative estimate of drug-likeness (QED) is 0.781. The Morgan fingerprint density at radius 2 is 2.21 bits per heavy atom. The largest absolute Gasteiger partial charge is 0.335 e. The maximum atomic E-state index is 12.3. The Labute approximate surface area is 118 Å². The molecule has 0 amide bonds. The van der Waals surface area contributed by atoms with E-state index in [1.54, 1.807) is 12.3 Å². The fourth-order valence-corrected chi connectivity index (χ4v) is 2.38. The number of ketones is 1. The zero-order chi connectivity index (χ0) is 13.8.